The molecular weight excluding hydrogens is 316 g/mol. The number of rotatable bonds is 4. The fourth-order valence-electron chi connectivity index (χ4n) is 2.61. The van der Waals surface area contributed by atoms with Crippen molar-refractivity contribution in [1.29, 1.82) is 0 Å². The molecule has 0 atom stereocenters. The van der Waals surface area contributed by atoms with Gasteiger partial charge in [-0.15, -0.1) is 15.3 Å². The van der Waals surface area contributed by atoms with Gasteiger partial charge in [0.15, 0.2) is 11.5 Å². The van der Waals surface area contributed by atoms with Crippen molar-refractivity contribution >= 4 is 17.7 Å². The zero-order valence-corrected chi connectivity index (χ0v) is 13.8. The van der Waals surface area contributed by atoms with Crippen LogP contribution in [0, 0.1) is 13.8 Å². The number of aromatic nitrogens is 6. The minimum Gasteiger partial charge on any atom is -0.260 e. The van der Waals surface area contributed by atoms with Gasteiger partial charge in [0.1, 0.15) is 6.33 Å². The van der Waals surface area contributed by atoms with E-state index in [1.165, 1.54) is 0 Å². The summed E-state index contributed by atoms with van der Waals surface area (Å²) in [5, 5.41) is 20.9. The number of hydrazone groups is 1. The highest BCUT2D eigenvalue weighted by Gasteiger charge is 2.10. The molecule has 0 saturated heterocycles. The van der Waals surface area contributed by atoms with Gasteiger partial charge in [-0.3, -0.25) is 5.43 Å². The van der Waals surface area contributed by atoms with Crippen LogP contribution in [0.4, 0.5) is 5.82 Å². The van der Waals surface area contributed by atoms with E-state index in [0.29, 0.717) is 11.5 Å². The lowest BCUT2D eigenvalue weighted by molar-refractivity contribution is 0.833. The first kappa shape index (κ1) is 15.0. The molecule has 0 radical (unpaired) electrons. The second-order valence-electron chi connectivity index (χ2n) is 5.55. The van der Waals surface area contributed by atoms with E-state index in [2.05, 4.69) is 30.9 Å². The highest BCUT2D eigenvalue weighted by Crippen LogP contribution is 2.16. The predicted octanol–water partition coefficient (Wildman–Crippen LogP) is 2.37. The fraction of sp³-hybridized carbons (Fsp3) is 0.118. The molecule has 0 aliphatic carbocycles. The second kappa shape index (κ2) is 6.16. The van der Waals surface area contributed by atoms with Crippen molar-refractivity contribution in [1.82, 2.24) is 29.6 Å². The summed E-state index contributed by atoms with van der Waals surface area (Å²) < 4.78 is 3.50. The molecule has 1 N–H and O–H groups in total. The van der Waals surface area contributed by atoms with Crippen LogP contribution in [0.2, 0.25) is 0 Å². The summed E-state index contributed by atoms with van der Waals surface area (Å²) in [6.45, 7) is 3.99. The van der Waals surface area contributed by atoms with E-state index in [4.69, 9.17) is 0 Å². The molecule has 4 rings (SSSR count). The zero-order valence-electron chi connectivity index (χ0n) is 13.8. The number of hydrogen-bond donors (Lipinski definition) is 1. The molecule has 8 nitrogen and oxygen atoms in total. The Morgan fingerprint density at radius 3 is 2.72 bits per heavy atom. The second-order valence-corrected chi connectivity index (χ2v) is 5.55. The van der Waals surface area contributed by atoms with Gasteiger partial charge in [0, 0.05) is 5.56 Å². The largest absolute Gasteiger partial charge is 0.260 e. The Bertz CT molecular complexity index is 1050. The SMILES string of the molecule is Cc1nn(-c2ccccc2)c(C)c1/C=N/Nc1ccc2nncn2n1. The molecule has 0 spiro atoms. The summed E-state index contributed by atoms with van der Waals surface area (Å²) >= 11 is 0. The lowest BCUT2D eigenvalue weighted by Crippen LogP contribution is -2.00. The van der Waals surface area contributed by atoms with Gasteiger partial charge in [0.25, 0.3) is 0 Å². The zero-order chi connectivity index (χ0) is 17.2. The molecule has 0 aliphatic heterocycles. The Labute approximate surface area is 143 Å². The molecule has 25 heavy (non-hydrogen) atoms. The van der Waals surface area contributed by atoms with Crippen LogP contribution in [0.15, 0.2) is 53.9 Å². The van der Waals surface area contributed by atoms with E-state index in [-0.39, 0.29) is 0 Å². The third-order valence-electron chi connectivity index (χ3n) is 3.88. The van der Waals surface area contributed by atoms with Crippen molar-refractivity contribution in [3.63, 3.8) is 0 Å². The van der Waals surface area contributed by atoms with Gasteiger partial charge < -0.3 is 0 Å². The van der Waals surface area contributed by atoms with Crippen molar-refractivity contribution in [2.45, 2.75) is 13.8 Å². The first-order valence-electron chi connectivity index (χ1n) is 7.80. The Kier molecular flexibility index (Phi) is 3.70. The fourth-order valence-corrected chi connectivity index (χ4v) is 2.61. The van der Waals surface area contributed by atoms with Gasteiger partial charge in [0.05, 0.1) is 23.3 Å². The average molecular weight is 332 g/mol. The molecule has 0 fully saturated rings. The maximum atomic E-state index is 4.60. The molecule has 124 valence electrons. The Hall–Kier alpha value is -3.55. The van der Waals surface area contributed by atoms with E-state index in [1.54, 1.807) is 23.1 Å². The number of hydrogen-bond acceptors (Lipinski definition) is 6. The van der Waals surface area contributed by atoms with Crippen molar-refractivity contribution in [3.05, 3.63) is 65.7 Å². The van der Waals surface area contributed by atoms with Crippen LogP contribution in [0.5, 0.6) is 0 Å². The van der Waals surface area contributed by atoms with Crippen LogP contribution < -0.4 is 5.43 Å². The molecule has 0 unspecified atom stereocenters. The summed E-state index contributed by atoms with van der Waals surface area (Å²) in [6, 6.07) is 13.6. The summed E-state index contributed by atoms with van der Waals surface area (Å²) in [5.41, 5.74) is 7.54. The maximum absolute atomic E-state index is 4.60. The van der Waals surface area contributed by atoms with Crippen LogP contribution in [-0.2, 0) is 0 Å². The van der Waals surface area contributed by atoms with Gasteiger partial charge in [-0.05, 0) is 38.1 Å². The Morgan fingerprint density at radius 2 is 1.88 bits per heavy atom. The number of nitrogens with one attached hydrogen (secondary N) is 1. The summed E-state index contributed by atoms with van der Waals surface area (Å²) in [4.78, 5) is 0. The monoisotopic (exact) mass is 332 g/mol. The Balaban J connectivity index is 1.58. The number of para-hydroxylation sites is 1. The molecule has 3 aromatic heterocycles. The van der Waals surface area contributed by atoms with Gasteiger partial charge in [0.2, 0.25) is 0 Å². The number of benzene rings is 1. The maximum Gasteiger partial charge on any atom is 0.177 e. The average Bonchev–Trinajstić information content (AvgIpc) is 3.21. The number of anilines is 1. The van der Waals surface area contributed by atoms with Gasteiger partial charge in [-0.1, -0.05) is 18.2 Å². The summed E-state index contributed by atoms with van der Waals surface area (Å²) in [5.74, 6) is 0.606. The van der Waals surface area contributed by atoms with E-state index >= 15 is 0 Å². The summed E-state index contributed by atoms with van der Waals surface area (Å²) in [7, 11) is 0. The van der Waals surface area contributed by atoms with Crippen LogP contribution in [0.25, 0.3) is 11.3 Å². The predicted molar refractivity (Wildman–Crippen MR) is 95.0 cm³/mol. The molecular formula is C17H16N8. The first-order chi connectivity index (χ1) is 12.2. The number of fused-ring (bicyclic) bond motifs is 1. The van der Waals surface area contributed by atoms with E-state index in [1.807, 2.05) is 54.9 Å². The third kappa shape index (κ3) is 2.85. The number of aryl methyl sites for hydroxylation is 1. The minimum absolute atomic E-state index is 0.606. The molecule has 0 amide bonds. The molecule has 0 saturated carbocycles. The van der Waals surface area contributed by atoms with Crippen molar-refractivity contribution in [2.75, 3.05) is 5.43 Å². The van der Waals surface area contributed by atoms with E-state index in [0.717, 1.165) is 22.6 Å². The van der Waals surface area contributed by atoms with Crippen molar-refractivity contribution in [2.24, 2.45) is 5.10 Å². The topological polar surface area (TPSA) is 85.3 Å². The highest BCUT2D eigenvalue weighted by atomic mass is 15.4. The first-order valence-corrected chi connectivity index (χ1v) is 7.80. The van der Waals surface area contributed by atoms with Crippen LogP contribution >= 0.6 is 0 Å². The quantitative estimate of drug-likeness (QED) is 0.458. The van der Waals surface area contributed by atoms with Gasteiger partial charge in [-0.25, -0.2) is 4.68 Å². The minimum atomic E-state index is 0.606. The molecule has 0 bridgehead atoms. The Morgan fingerprint density at radius 1 is 1.04 bits per heavy atom. The third-order valence-corrected chi connectivity index (χ3v) is 3.88. The number of nitrogens with zero attached hydrogens (tertiary/aromatic N) is 7. The normalized spacial score (nSPS) is 11.4. The lowest BCUT2D eigenvalue weighted by Gasteiger charge is -2.03. The molecule has 0 aliphatic rings. The van der Waals surface area contributed by atoms with Crippen molar-refractivity contribution < 1.29 is 0 Å². The van der Waals surface area contributed by atoms with Crippen LogP contribution in [0.1, 0.15) is 17.0 Å². The highest BCUT2D eigenvalue weighted by molar-refractivity contribution is 5.83. The molecule has 8 heteroatoms. The van der Waals surface area contributed by atoms with Crippen LogP contribution in [0.3, 0.4) is 0 Å². The standard InChI is InChI=1S/C17H16N8/c1-12-15(13(2)25(22-12)14-6-4-3-5-7-14)10-18-20-16-8-9-17-21-19-11-24(17)23-16/h3-11H,1-2H3,(H,20,23)/b18-10+. The van der Waals surface area contributed by atoms with E-state index < -0.39 is 0 Å². The smallest absolute Gasteiger partial charge is 0.177 e. The van der Waals surface area contributed by atoms with Crippen LogP contribution in [-0.4, -0.2) is 35.8 Å². The summed E-state index contributed by atoms with van der Waals surface area (Å²) in [6.07, 6.45) is 3.30. The van der Waals surface area contributed by atoms with Gasteiger partial charge in [-0.2, -0.15) is 14.7 Å². The molecule has 4 aromatic rings. The molecule has 3 heterocycles. The van der Waals surface area contributed by atoms with E-state index in [9.17, 15) is 0 Å². The van der Waals surface area contributed by atoms with Gasteiger partial charge >= 0.3 is 0 Å². The van der Waals surface area contributed by atoms with Crippen molar-refractivity contribution in [3.8, 4) is 5.69 Å². The lowest BCUT2D eigenvalue weighted by atomic mass is 10.2. The molecule has 1 aromatic carbocycles.